The first kappa shape index (κ1) is 17.8. The number of phenols is 2. The van der Waals surface area contributed by atoms with Crippen molar-refractivity contribution in [1.82, 2.24) is 0 Å². The van der Waals surface area contributed by atoms with Crippen molar-refractivity contribution in [3.8, 4) is 11.5 Å². The lowest BCUT2D eigenvalue weighted by atomic mass is 9.99. The fraction of sp³-hybridized carbons (Fsp3) is 0.222. The molecule has 0 heterocycles. The Balaban J connectivity index is 2.35. The smallest absolute Gasteiger partial charge is 0.345 e. The number of hydrogen-bond donors (Lipinski definition) is 2. The van der Waals surface area contributed by atoms with E-state index in [0.29, 0.717) is 17.0 Å². The third-order valence-corrected chi connectivity index (χ3v) is 3.69. The summed E-state index contributed by atoms with van der Waals surface area (Å²) in [4.78, 5) is 24.5. The van der Waals surface area contributed by atoms with Crippen LogP contribution in [0.2, 0.25) is 5.02 Å². The van der Waals surface area contributed by atoms with E-state index in [9.17, 15) is 19.8 Å². The van der Waals surface area contributed by atoms with Crippen LogP contribution in [0.4, 0.5) is 0 Å². The molecule has 0 saturated carbocycles. The van der Waals surface area contributed by atoms with E-state index in [2.05, 4.69) is 0 Å². The number of unbranched alkanes of at least 4 members (excludes halogenated alkanes) is 1. The molecule has 6 heteroatoms. The predicted octanol–water partition coefficient (Wildman–Crippen LogP) is 3.94. The van der Waals surface area contributed by atoms with Crippen LogP contribution in [-0.2, 0) is 4.74 Å². The standard InChI is InChI=1S/C18H17ClO5/c1-2-3-10-24-18(23)15-14(20)9-8-13(17(15)22)16(21)11-4-6-12(19)7-5-11/h4-9,20,22H,2-3,10H2,1H3. The Kier molecular flexibility index (Phi) is 5.82. The fourth-order valence-corrected chi connectivity index (χ4v) is 2.23. The van der Waals surface area contributed by atoms with Gasteiger partial charge in [-0.15, -0.1) is 0 Å². The maximum Gasteiger partial charge on any atom is 0.345 e. The lowest BCUT2D eigenvalue weighted by Crippen LogP contribution is -2.10. The summed E-state index contributed by atoms with van der Waals surface area (Å²) in [6, 6.07) is 8.55. The summed E-state index contributed by atoms with van der Waals surface area (Å²) >= 11 is 5.79. The van der Waals surface area contributed by atoms with E-state index in [-0.39, 0.29) is 12.2 Å². The normalized spacial score (nSPS) is 10.4. The molecule has 24 heavy (non-hydrogen) atoms. The molecule has 2 N–H and O–H groups in total. The first-order chi connectivity index (χ1) is 11.5. The molecular weight excluding hydrogens is 332 g/mol. The number of esters is 1. The van der Waals surface area contributed by atoms with E-state index in [0.717, 1.165) is 6.42 Å². The number of carbonyl (C=O) groups is 2. The Bertz CT molecular complexity index is 753. The van der Waals surface area contributed by atoms with Crippen LogP contribution in [0.5, 0.6) is 11.5 Å². The van der Waals surface area contributed by atoms with E-state index >= 15 is 0 Å². The molecule has 0 aliphatic rings. The van der Waals surface area contributed by atoms with Gasteiger partial charge in [0, 0.05) is 10.6 Å². The minimum Gasteiger partial charge on any atom is -0.507 e. The Labute approximate surface area is 144 Å². The molecule has 2 aromatic carbocycles. The highest BCUT2D eigenvalue weighted by Gasteiger charge is 2.24. The number of ketones is 1. The molecule has 0 aliphatic carbocycles. The van der Waals surface area contributed by atoms with Gasteiger partial charge in [-0.3, -0.25) is 4.79 Å². The average Bonchev–Trinajstić information content (AvgIpc) is 2.55. The van der Waals surface area contributed by atoms with Gasteiger partial charge in [0.15, 0.2) is 5.78 Å². The molecule has 0 spiro atoms. The first-order valence-corrected chi connectivity index (χ1v) is 7.85. The van der Waals surface area contributed by atoms with Gasteiger partial charge in [-0.2, -0.15) is 0 Å². The summed E-state index contributed by atoms with van der Waals surface area (Å²) in [5, 5.41) is 20.6. The molecule has 5 nitrogen and oxygen atoms in total. The molecule has 0 aromatic heterocycles. The highest BCUT2D eigenvalue weighted by atomic mass is 35.5. The van der Waals surface area contributed by atoms with Crippen LogP contribution in [0, 0.1) is 0 Å². The van der Waals surface area contributed by atoms with E-state index < -0.39 is 28.8 Å². The molecule has 0 radical (unpaired) electrons. The first-order valence-electron chi connectivity index (χ1n) is 7.48. The van der Waals surface area contributed by atoms with Crippen molar-refractivity contribution < 1.29 is 24.5 Å². The molecule has 2 rings (SSSR count). The second-order valence-corrected chi connectivity index (χ2v) is 5.62. The van der Waals surface area contributed by atoms with Gasteiger partial charge >= 0.3 is 5.97 Å². The molecule has 0 aliphatic heterocycles. The van der Waals surface area contributed by atoms with Gasteiger partial charge in [-0.05, 0) is 42.8 Å². The van der Waals surface area contributed by atoms with Crippen molar-refractivity contribution in [2.75, 3.05) is 6.61 Å². The Morgan fingerprint density at radius 2 is 1.75 bits per heavy atom. The van der Waals surface area contributed by atoms with E-state index in [1.54, 1.807) is 12.1 Å². The van der Waals surface area contributed by atoms with Gasteiger partial charge in [-0.1, -0.05) is 24.9 Å². The van der Waals surface area contributed by atoms with Crippen LogP contribution < -0.4 is 0 Å². The van der Waals surface area contributed by atoms with Crippen LogP contribution in [-0.4, -0.2) is 28.6 Å². The molecule has 2 aromatic rings. The largest absolute Gasteiger partial charge is 0.507 e. The average molecular weight is 349 g/mol. The van der Waals surface area contributed by atoms with Gasteiger partial charge < -0.3 is 14.9 Å². The quantitative estimate of drug-likeness (QED) is 0.469. The van der Waals surface area contributed by atoms with Crippen LogP contribution >= 0.6 is 11.6 Å². The third-order valence-electron chi connectivity index (χ3n) is 3.44. The predicted molar refractivity (Wildman–Crippen MR) is 89.8 cm³/mol. The highest BCUT2D eigenvalue weighted by molar-refractivity contribution is 6.30. The zero-order chi connectivity index (χ0) is 17.7. The highest BCUT2D eigenvalue weighted by Crippen LogP contribution is 2.32. The SMILES string of the molecule is CCCCOC(=O)c1c(O)ccc(C(=O)c2ccc(Cl)cc2)c1O. The van der Waals surface area contributed by atoms with Crippen molar-refractivity contribution in [3.63, 3.8) is 0 Å². The minimum absolute atomic E-state index is 0.0995. The van der Waals surface area contributed by atoms with E-state index in [4.69, 9.17) is 16.3 Å². The fourth-order valence-electron chi connectivity index (χ4n) is 2.10. The summed E-state index contributed by atoms with van der Waals surface area (Å²) in [5.74, 6) is -2.41. The number of hydrogen-bond acceptors (Lipinski definition) is 5. The maximum atomic E-state index is 12.5. The van der Waals surface area contributed by atoms with Crippen LogP contribution in [0.1, 0.15) is 46.0 Å². The van der Waals surface area contributed by atoms with Crippen molar-refractivity contribution in [1.29, 1.82) is 0 Å². The number of carbonyl (C=O) groups excluding carboxylic acids is 2. The zero-order valence-corrected chi connectivity index (χ0v) is 13.8. The second-order valence-electron chi connectivity index (χ2n) is 5.18. The number of ether oxygens (including phenoxy) is 1. The van der Waals surface area contributed by atoms with Crippen LogP contribution in [0.3, 0.4) is 0 Å². The Morgan fingerprint density at radius 1 is 1.08 bits per heavy atom. The molecule has 0 unspecified atom stereocenters. The molecule has 0 amide bonds. The number of halogens is 1. The minimum atomic E-state index is -0.871. The molecule has 0 fully saturated rings. The van der Waals surface area contributed by atoms with Crippen LogP contribution in [0.25, 0.3) is 0 Å². The van der Waals surface area contributed by atoms with Crippen molar-refractivity contribution in [2.24, 2.45) is 0 Å². The van der Waals surface area contributed by atoms with E-state index in [1.165, 1.54) is 24.3 Å². The lowest BCUT2D eigenvalue weighted by Gasteiger charge is -2.11. The molecule has 126 valence electrons. The number of phenolic OH excluding ortho intramolecular Hbond substituents is 2. The zero-order valence-electron chi connectivity index (χ0n) is 13.1. The summed E-state index contributed by atoms with van der Waals surface area (Å²) in [6.45, 7) is 2.11. The van der Waals surface area contributed by atoms with Gasteiger partial charge in [0.25, 0.3) is 0 Å². The number of benzene rings is 2. The van der Waals surface area contributed by atoms with Gasteiger partial charge in [0.2, 0.25) is 0 Å². The summed E-state index contributed by atoms with van der Waals surface area (Å²) in [7, 11) is 0. The van der Waals surface area contributed by atoms with Gasteiger partial charge in [-0.25, -0.2) is 4.79 Å². The molecular formula is C18H17ClO5. The monoisotopic (exact) mass is 348 g/mol. The van der Waals surface area contributed by atoms with Crippen molar-refractivity contribution >= 4 is 23.4 Å². The molecule has 0 bridgehead atoms. The second kappa shape index (κ2) is 7.84. The molecule has 0 saturated heterocycles. The lowest BCUT2D eigenvalue weighted by molar-refractivity contribution is 0.0493. The Morgan fingerprint density at radius 3 is 2.38 bits per heavy atom. The van der Waals surface area contributed by atoms with Crippen molar-refractivity contribution in [2.45, 2.75) is 19.8 Å². The van der Waals surface area contributed by atoms with E-state index in [1.807, 2.05) is 6.92 Å². The summed E-state index contributed by atoms with van der Waals surface area (Å²) in [6.07, 6.45) is 1.50. The summed E-state index contributed by atoms with van der Waals surface area (Å²) < 4.78 is 5.00. The van der Waals surface area contributed by atoms with Gasteiger partial charge in [0.05, 0.1) is 12.2 Å². The van der Waals surface area contributed by atoms with Crippen LogP contribution in [0.15, 0.2) is 36.4 Å². The number of rotatable bonds is 6. The Hall–Kier alpha value is -2.53. The number of aromatic hydroxyl groups is 2. The van der Waals surface area contributed by atoms with Gasteiger partial charge in [0.1, 0.15) is 17.1 Å². The topological polar surface area (TPSA) is 83.8 Å². The summed E-state index contributed by atoms with van der Waals surface area (Å²) in [5.41, 5.74) is -0.214. The van der Waals surface area contributed by atoms with Crippen molar-refractivity contribution in [3.05, 3.63) is 58.1 Å². The maximum absolute atomic E-state index is 12.5. The molecule has 0 atom stereocenters. The third kappa shape index (κ3) is 3.86.